The fourth-order valence-corrected chi connectivity index (χ4v) is 1.82. The highest BCUT2D eigenvalue weighted by Crippen LogP contribution is 2.24. The van der Waals surface area contributed by atoms with E-state index in [9.17, 15) is 0 Å². The Morgan fingerprint density at radius 3 is 2.88 bits per heavy atom. The molecule has 0 amide bonds. The Kier molecular flexibility index (Phi) is 3.58. The molecule has 17 heavy (non-hydrogen) atoms. The number of rotatable bonds is 4. The van der Waals surface area contributed by atoms with Gasteiger partial charge in [0.15, 0.2) is 0 Å². The second-order valence-electron chi connectivity index (χ2n) is 3.77. The summed E-state index contributed by atoms with van der Waals surface area (Å²) >= 11 is 6.07. The van der Waals surface area contributed by atoms with Crippen molar-refractivity contribution < 1.29 is 0 Å². The van der Waals surface area contributed by atoms with Crippen molar-refractivity contribution in [3.8, 4) is 0 Å². The van der Waals surface area contributed by atoms with Crippen molar-refractivity contribution in [2.24, 2.45) is 7.05 Å². The molecule has 2 heterocycles. The molecule has 0 saturated heterocycles. The van der Waals surface area contributed by atoms with Crippen molar-refractivity contribution in [1.29, 1.82) is 0 Å². The second kappa shape index (κ2) is 5.14. The van der Waals surface area contributed by atoms with Crippen LogP contribution in [-0.2, 0) is 13.5 Å². The van der Waals surface area contributed by atoms with Crippen molar-refractivity contribution in [2.75, 3.05) is 5.32 Å². The lowest BCUT2D eigenvalue weighted by Gasteiger charge is -2.09. The molecule has 0 unspecified atom stereocenters. The molecule has 0 aromatic carbocycles. The van der Waals surface area contributed by atoms with E-state index in [0.717, 1.165) is 29.9 Å². The summed E-state index contributed by atoms with van der Waals surface area (Å²) in [6, 6.07) is 0. The van der Waals surface area contributed by atoms with E-state index in [1.165, 1.54) is 6.33 Å². The van der Waals surface area contributed by atoms with Crippen LogP contribution in [0.5, 0.6) is 0 Å². The van der Waals surface area contributed by atoms with E-state index in [1.54, 1.807) is 10.9 Å². The molecule has 0 atom stereocenters. The Labute approximate surface area is 105 Å². The molecular formula is C11H14ClN5. The van der Waals surface area contributed by atoms with Gasteiger partial charge < -0.3 is 5.32 Å². The molecule has 0 aliphatic carbocycles. The van der Waals surface area contributed by atoms with E-state index >= 15 is 0 Å². The predicted octanol–water partition coefficient (Wildman–Crippen LogP) is 2.56. The third kappa shape index (κ3) is 2.74. The summed E-state index contributed by atoms with van der Waals surface area (Å²) in [6.07, 6.45) is 6.93. The first-order valence-electron chi connectivity index (χ1n) is 5.45. The average molecular weight is 252 g/mol. The van der Waals surface area contributed by atoms with Gasteiger partial charge in [-0.25, -0.2) is 9.97 Å². The maximum absolute atomic E-state index is 6.07. The van der Waals surface area contributed by atoms with Crippen molar-refractivity contribution in [3.63, 3.8) is 0 Å². The fraction of sp³-hybridized carbons (Fsp3) is 0.364. The number of hydrogen-bond donors (Lipinski definition) is 1. The van der Waals surface area contributed by atoms with Gasteiger partial charge in [0.25, 0.3) is 0 Å². The van der Waals surface area contributed by atoms with Crippen LogP contribution < -0.4 is 5.32 Å². The maximum atomic E-state index is 6.07. The average Bonchev–Trinajstić information content (AvgIpc) is 2.69. The topological polar surface area (TPSA) is 55.6 Å². The molecular weight excluding hydrogens is 238 g/mol. The van der Waals surface area contributed by atoms with E-state index in [0.29, 0.717) is 5.15 Å². The molecule has 0 radical (unpaired) electrons. The molecule has 0 fully saturated rings. The molecule has 2 aromatic heterocycles. The molecule has 2 rings (SSSR count). The van der Waals surface area contributed by atoms with Gasteiger partial charge in [-0.2, -0.15) is 5.10 Å². The van der Waals surface area contributed by atoms with Gasteiger partial charge in [-0.3, -0.25) is 4.68 Å². The molecule has 5 nitrogen and oxygen atoms in total. The van der Waals surface area contributed by atoms with Gasteiger partial charge in [0.2, 0.25) is 0 Å². The summed E-state index contributed by atoms with van der Waals surface area (Å²) in [5.74, 6) is 0.750. The Morgan fingerprint density at radius 2 is 2.24 bits per heavy atom. The molecule has 0 bridgehead atoms. The van der Waals surface area contributed by atoms with E-state index < -0.39 is 0 Å². The van der Waals surface area contributed by atoms with Gasteiger partial charge in [-0.05, 0) is 6.42 Å². The van der Waals surface area contributed by atoms with Gasteiger partial charge in [-0.1, -0.05) is 24.9 Å². The Bertz CT molecular complexity index is 508. The first-order chi connectivity index (χ1) is 8.20. The van der Waals surface area contributed by atoms with Crippen molar-refractivity contribution in [2.45, 2.75) is 19.8 Å². The molecule has 0 aliphatic rings. The molecule has 2 aromatic rings. The molecule has 6 heteroatoms. The third-order valence-electron chi connectivity index (χ3n) is 2.36. The summed E-state index contributed by atoms with van der Waals surface area (Å²) in [4.78, 5) is 8.22. The number of hydrogen-bond acceptors (Lipinski definition) is 4. The van der Waals surface area contributed by atoms with E-state index in [2.05, 4.69) is 27.3 Å². The highest BCUT2D eigenvalue weighted by molar-refractivity contribution is 6.30. The summed E-state index contributed by atoms with van der Waals surface area (Å²) in [5.41, 5.74) is 1.83. The summed E-state index contributed by atoms with van der Waals surface area (Å²) in [7, 11) is 1.87. The van der Waals surface area contributed by atoms with Gasteiger partial charge in [0.1, 0.15) is 17.3 Å². The van der Waals surface area contributed by atoms with Crippen LogP contribution in [0, 0.1) is 0 Å². The standard InChI is InChI=1S/C11H14ClN5/c1-3-4-9-10(12)13-7-14-11(9)16-8-5-15-17(2)6-8/h5-7H,3-4H2,1-2H3,(H,13,14,16). The van der Waals surface area contributed by atoms with Crippen LogP contribution in [0.1, 0.15) is 18.9 Å². The molecule has 0 aliphatic heterocycles. The minimum atomic E-state index is 0.508. The van der Waals surface area contributed by atoms with Crippen molar-refractivity contribution >= 4 is 23.1 Å². The minimum Gasteiger partial charge on any atom is -0.337 e. The number of halogens is 1. The first-order valence-corrected chi connectivity index (χ1v) is 5.83. The monoisotopic (exact) mass is 251 g/mol. The van der Waals surface area contributed by atoms with Crippen LogP contribution in [0.15, 0.2) is 18.7 Å². The molecule has 0 spiro atoms. The Balaban J connectivity index is 2.28. The smallest absolute Gasteiger partial charge is 0.138 e. The third-order valence-corrected chi connectivity index (χ3v) is 2.69. The second-order valence-corrected chi connectivity index (χ2v) is 4.13. The number of anilines is 2. The number of aryl methyl sites for hydroxylation is 1. The van der Waals surface area contributed by atoms with E-state index in [4.69, 9.17) is 11.6 Å². The van der Waals surface area contributed by atoms with Crippen LogP contribution >= 0.6 is 11.6 Å². The zero-order valence-electron chi connectivity index (χ0n) is 9.81. The summed E-state index contributed by atoms with van der Waals surface area (Å²) in [6.45, 7) is 2.09. The van der Waals surface area contributed by atoms with Gasteiger partial charge in [0, 0.05) is 18.8 Å². The number of nitrogens with one attached hydrogen (secondary N) is 1. The van der Waals surface area contributed by atoms with Gasteiger partial charge >= 0.3 is 0 Å². The van der Waals surface area contributed by atoms with Crippen molar-refractivity contribution in [1.82, 2.24) is 19.7 Å². The molecule has 0 saturated carbocycles. The lowest BCUT2D eigenvalue weighted by atomic mass is 10.2. The quantitative estimate of drug-likeness (QED) is 0.849. The lowest BCUT2D eigenvalue weighted by molar-refractivity contribution is 0.768. The van der Waals surface area contributed by atoms with Crippen LogP contribution in [0.25, 0.3) is 0 Å². The summed E-state index contributed by atoms with van der Waals surface area (Å²) < 4.78 is 1.73. The number of nitrogens with zero attached hydrogens (tertiary/aromatic N) is 4. The van der Waals surface area contributed by atoms with Crippen LogP contribution in [-0.4, -0.2) is 19.7 Å². The van der Waals surface area contributed by atoms with Crippen LogP contribution in [0.2, 0.25) is 5.15 Å². The zero-order chi connectivity index (χ0) is 12.3. The minimum absolute atomic E-state index is 0.508. The van der Waals surface area contributed by atoms with E-state index in [-0.39, 0.29) is 0 Å². The maximum Gasteiger partial charge on any atom is 0.138 e. The molecule has 90 valence electrons. The zero-order valence-corrected chi connectivity index (χ0v) is 10.6. The van der Waals surface area contributed by atoms with Crippen LogP contribution in [0.3, 0.4) is 0 Å². The SMILES string of the molecule is CCCc1c(Cl)ncnc1Nc1cnn(C)c1. The van der Waals surface area contributed by atoms with Crippen molar-refractivity contribution in [3.05, 3.63) is 29.4 Å². The highest BCUT2D eigenvalue weighted by atomic mass is 35.5. The molecule has 1 N–H and O–H groups in total. The largest absolute Gasteiger partial charge is 0.337 e. The first kappa shape index (κ1) is 11.9. The fourth-order valence-electron chi connectivity index (χ4n) is 1.59. The highest BCUT2D eigenvalue weighted by Gasteiger charge is 2.09. The Hall–Kier alpha value is -1.62. The Morgan fingerprint density at radius 1 is 1.41 bits per heavy atom. The summed E-state index contributed by atoms with van der Waals surface area (Å²) in [5, 5.41) is 7.80. The normalized spacial score (nSPS) is 10.5. The van der Waals surface area contributed by atoms with E-state index in [1.807, 2.05) is 13.2 Å². The number of aromatic nitrogens is 4. The van der Waals surface area contributed by atoms with Gasteiger partial charge in [0.05, 0.1) is 11.9 Å². The van der Waals surface area contributed by atoms with Crippen LogP contribution in [0.4, 0.5) is 11.5 Å². The lowest BCUT2D eigenvalue weighted by Crippen LogP contribution is -2.00. The van der Waals surface area contributed by atoms with Gasteiger partial charge in [-0.15, -0.1) is 0 Å². The predicted molar refractivity (Wildman–Crippen MR) is 67.5 cm³/mol.